The van der Waals surface area contributed by atoms with Crippen molar-refractivity contribution in [3.63, 3.8) is 0 Å². The lowest BCUT2D eigenvalue weighted by atomic mass is 10.3. The molecule has 0 aliphatic carbocycles. The molecule has 88 valence electrons. The summed E-state index contributed by atoms with van der Waals surface area (Å²) in [7, 11) is 1.26. The summed E-state index contributed by atoms with van der Waals surface area (Å²) >= 11 is 3.31. The molecule has 0 radical (unpaired) electrons. The van der Waals surface area contributed by atoms with Gasteiger partial charge < -0.3 is 19.1 Å². The van der Waals surface area contributed by atoms with E-state index < -0.39 is 5.97 Å². The van der Waals surface area contributed by atoms with Crippen molar-refractivity contribution in [2.45, 2.75) is 0 Å². The minimum absolute atomic E-state index is 0.185. The molecule has 7 heteroatoms. The van der Waals surface area contributed by atoms with Crippen molar-refractivity contribution in [3.05, 3.63) is 34.7 Å². The van der Waals surface area contributed by atoms with Gasteiger partial charge in [0.2, 0.25) is 0 Å². The number of imidazole rings is 1. The number of fused-ring (bicyclic) bond motifs is 1. The standard InChI is InChI=1S/C10H8BrN3O3/c1-17-13-9(10(15)16)7-5-14-4-6(11)2-3-8(14)12-7/h2-5H,1H3,(H,15,16)/p-1/b13-9+. The molecule has 0 aliphatic heterocycles. The van der Waals surface area contributed by atoms with Crippen LogP contribution in [0.3, 0.4) is 0 Å². The van der Waals surface area contributed by atoms with Crippen LogP contribution in [-0.4, -0.2) is 28.2 Å². The summed E-state index contributed by atoms with van der Waals surface area (Å²) < 4.78 is 2.53. The highest BCUT2D eigenvalue weighted by Crippen LogP contribution is 2.13. The molecule has 0 fully saturated rings. The SMILES string of the molecule is CO/N=C(/C(=O)[O-])c1cn2cc(Br)ccc2n1. The van der Waals surface area contributed by atoms with Crippen molar-refractivity contribution in [1.29, 1.82) is 0 Å². The second kappa shape index (κ2) is 4.54. The number of aromatic nitrogens is 2. The van der Waals surface area contributed by atoms with Crippen molar-refractivity contribution in [2.75, 3.05) is 7.11 Å². The van der Waals surface area contributed by atoms with Crippen LogP contribution in [0, 0.1) is 0 Å². The molecule has 0 bridgehead atoms. The van der Waals surface area contributed by atoms with E-state index in [0.717, 1.165) is 4.47 Å². The number of pyridine rings is 1. The molecule has 0 amide bonds. The van der Waals surface area contributed by atoms with Crippen LogP contribution in [0.1, 0.15) is 5.69 Å². The van der Waals surface area contributed by atoms with Crippen LogP contribution < -0.4 is 5.11 Å². The zero-order valence-electron chi connectivity index (χ0n) is 8.75. The van der Waals surface area contributed by atoms with Gasteiger partial charge in [0.25, 0.3) is 0 Å². The summed E-state index contributed by atoms with van der Waals surface area (Å²) in [6.45, 7) is 0. The van der Waals surface area contributed by atoms with Gasteiger partial charge >= 0.3 is 0 Å². The molecule has 0 aliphatic rings. The van der Waals surface area contributed by atoms with E-state index in [0.29, 0.717) is 5.65 Å². The minimum Gasteiger partial charge on any atom is -0.543 e. The smallest absolute Gasteiger partial charge is 0.152 e. The van der Waals surface area contributed by atoms with Crippen LogP contribution in [0.5, 0.6) is 0 Å². The first-order chi connectivity index (χ1) is 8.11. The van der Waals surface area contributed by atoms with E-state index in [1.165, 1.54) is 13.3 Å². The first-order valence-corrected chi connectivity index (χ1v) is 5.38. The zero-order valence-corrected chi connectivity index (χ0v) is 10.3. The molecule has 0 N–H and O–H groups in total. The Balaban J connectivity index is 2.55. The summed E-state index contributed by atoms with van der Waals surface area (Å²) in [5, 5.41) is 14.2. The topological polar surface area (TPSA) is 79.0 Å². The second-order valence-electron chi connectivity index (χ2n) is 3.15. The van der Waals surface area contributed by atoms with Crippen molar-refractivity contribution >= 4 is 33.3 Å². The lowest BCUT2D eigenvalue weighted by molar-refractivity contribution is -0.294. The van der Waals surface area contributed by atoms with Gasteiger partial charge in [0, 0.05) is 16.9 Å². The van der Waals surface area contributed by atoms with Gasteiger partial charge in [0.1, 0.15) is 18.5 Å². The van der Waals surface area contributed by atoms with E-state index in [2.05, 4.69) is 30.9 Å². The Hall–Kier alpha value is -1.89. The van der Waals surface area contributed by atoms with Gasteiger partial charge in [-0.05, 0) is 28.1 Å². The number of aliphatic carboxylic acids is 1. The van der Waals surface area contributed by atoms with Crippen molar-refractivity contribution in [3.8, 4) is 0 Å². The Bertz CT molecular complexity index is 606. The molecule has 0 spiro atoms. The molecule has 6 nitrogen and oxygen atoms in total. The van der Waals surface area contributed by atoms with E-state index in [1.807, 2.05) is 0 Å². The van der Waals surface area contributed by atoms with Crippen LogP contribution in [0.2, 0.25) is 0 Å². The molecule has 2 heterocycles. The van der Waals surface area contributed by atoms with Crippen molar-refractivity contribution in [2.24, 2.45) is 5.16 Å². The Morgan fingerprint density at radius 2 is 2.29 bits per heavy atom. The third-order valence-electron chi connectivity index (χ3n) is 2.03. The quantitative estimate of drug-likeness (QED) is 0.599. The predicted octanol–water partition coefficient (Wildman–Crippen LogP) is 0.197. The van der Waals surface area contributed by atoms with Gasteiger partial charge in [-0.15, -0.1) is 0 Å². The number of carbonyl (C=O) groups is 1. The average molecular weight is 297 g/mol. The van der Waals surface area contributed by atoms with Crippen LogP contribution in [0.15, 0.2) is 34.2 Å². The highest BCUT2D eigenvalue weighted by Gasteiger charge is 2.11. The van der Waals surface area contributed by atoms with Gasteiger partial charge in [0.15, 0.2) is 5.71 Å². The Morgan fingerprint density at radius 3 is 2.94 bits per heavy atom. The molecule has 0 saturated heterocycles. The summed E-state index contributed by atoms with van der Waals surface area (Å²) in [6.07, 6.45) is 3.29. The Labute approximate surface area is 105 Å². The number of carboxylic acids is 1. The molecular weight excluding hydrogens is 290 g/mol. The number of oxime groups is 1. The second-order valence-corrected chi connectivity index (χ2v) is 4.06. The fourth-order valence-electron chi connectivity index (χ4n) is 1.36. The molecule has 0 aromatic carbocycles. The largest absolute Gasteiger partial charge is 0.543 e. The van der Waals surface area contributed by atoms with Crippen LogP contribution in [-0.2, 0) is 9.63 Å². The number of rotatable bonds is 3. The number of halogens is 1. The summed E-state index contributed by atoms with van der Waals surface area (Å²) in [5.41, 5.74) is 0.450. The number of carbonyl (C=O) groups excluding carboxylic acids is 1. The fourth-order valence-corrected chi connectivity index (χ4v) is 1.71. The molecule has 0 saturated carbocycles. The summed E-state index contributed by atoms with van der Waals surface area (Å²) in [4.78, 5) is 19.4. The van der Waals surface area contributed by atoms with Gasteiger partial charge in [-0.2, -0.15) is 0 Å². The monoisotopic (exact) mass is 296 g/mol. The molecular formula is C10H7BrN3O3-. The molecule has 2 aromatic rings. The van der Waals surface area contributed by atoms with E-state index in [4.69, 9.17) is 0 Å². The average Bonchev–Trinajstić information content (AvgIpc) is 2.67. The lowest BCUT2D eigenvalue weighted by Crippen LogP contribution is -2.32. The van der Waals surface area contributed by atoms with Gasteiger partial charge in [0.05, 0.1) is 5.97 Å². The van der Waals surface area contributed by atoms with Gasteiger partial charge in [-0.1, -0.05) is 5.16 Å². The molecule has 0 atom stereocenters. The highest BCUT2D eigenvalue weighted by atomic mass is 79.9. The number of nitrogens with zero attached hydrogens (tertiary/aromatic N) is 3. The van der Waals surface area contributed by atoms with Crippen molar-refractivity contribution < 1.29 is 14.7 Å². The maximum absolute atomic E-state index is 10.9. The van der Waals surface area contributed by atoms with E-state index >= 15 is 0 Å². The molecule has 2 aromatic heterocycles. The van der Waals surface area contributed by atoms with Gasteiger partial charge in [-0.3, -0.25) is 0 Å². The number of carboxylic acid groups (broad SMARTS) is 1. The maximum Gasteiger partial charge on any atom is 0.152 e. The summed E-state index contributed by atoms with van der Waals surface area (Å²) in [6, 6.07) is 3.55. The van der Waals surface area contributed by atoms with Crippen LogP contribution in [0.4, 0.5) is 0 Å². The Morgan fingerprint density at radius 1 is 1.53 bits per heavy atom. The zero-order chi connectivity index (χ0) is 12.4. The highest BCUT2D eigenvalue weighted by molar-refractivity contribution is 9.10. The number of hydrogen-bond donors (Lipinski definition) is 0. The van der Waals surface area contributed by atoms with Crippen LogP contribution >= 0.6 is 15.9 Å². The predicted molar refractivity (Wildman–Crippen MR) is 61.4 cm³/mol. The molecule has 2 rings (SSSR count). The third kappa shape index (κ3) is 2.28. The minimum atomic E-state index is -1.44. The third-order valence-corrected chi connectivity index (χ3v) is 2.50. The van der Waals surface area contributed by atoms with Crippen LogP contribution in [0.25, 0.3) is 5.65 Å². The van der Waals surface area contributed by atoms with E-state index in [9.17, 15) is 9.90 Å². The Kier molecular flexibility index (Phi) is 3.10. The fraction of sp³-hybridized carbons (Fsp3) is 0.100. The first-order valence-electron chi connectivity index (χ1n) is 4.59. The summed E-state index contributed by atoms with van der Waals surface area (Å²) in [5.74, 6) is -1.44. The molecule has 0 unspecified atom stereocenters. The normalized spacial score (nSPS) is 11.8. The molecule has 17 heavy (non-hydrogen) atoms. The first kappa shape index (κ1) is 11.6. The maximum atomic E-state index is 10.9. The lowest BCUT2D eigenvalue weighted by Gasteiger charge is -2.01. The number of hydrogen-bond acceptors (Lipinski definition) is 5. The van der Waals surface area contributed by atoms with E-state index in [1.54, 1.807) is 22.7 Å². The van der Waals surface area contributed by atoms with Gasteiger partial charge in [-0.25, -0.2) is 4.98 Å². The van der Waals surface area contributed by atoms with E-state index in [-0.39, 0.29) is 11.4 Å². The van der Waals surface area contributed by atoms with Crippen molar-refractivity contribution in [1.82, 2.24) is 9.38 Å².